The number of carbonyl (C=O) groups excluding carboxylic acids is 1. The highest BCUT2D eigenvalue weighted by Gasteiger charge is 2.40. The van der Waals surface area contributed by atoms with Crippen LogP contribution in [0.1, 0.15) is 0 Å². The first-order valence-corrected chi connectivity index (χ1v) is 3.14. The summed E-state index contributed by atoms with van der Waals surface area (Å²) in [5, 5.41) is 17.4. The number of aldehydes is 1. The van der Waals surface area contributed by atoms with E-state index in [9.17, 15) is 9.59 Å². The molecule has 0 aromatic carbocycles. The summed E-state index contributed by atoms with van der Waals surface area (Å²) in [7, 11) is 0. The summed E-state index contributed by atoms with van der Waals surface area (Å²) < 4.78 is 4.65. The maximum atomic E-state index is 10.3. The SMILES string of the molecule is O=C[C@H]1[C@H](O)CO[C@@H]1C(=O)O. The predicted octanol–water partition coefficient (Wildman–Crippen LogP) is -1.35. The second kappa shape index (κ2) is 2.98. The zero-order valence-corrected chi connectivity index (χ0v) is 5.64. The Morgan fingerprint density at radius 1 is 1.64 bits per heavy atom. The van der Waals surface area contributed by atoms with Crippen LogP contribution < -0.4 is 0 Å². The Morgan fingerprint density at radius 2 is 2.27 bits per heavy atom. The number of aliphatic hydroxyl groups excluding tert-OH is 1. The van der Waals surface area contributed by atoms with Gasteiger partial charge in [0.2, 0.25) is 0 Å². The first kappa shape index (κ1) is 8.16. The largest absolute Gasteiger partial charge is 0.479 e. The van der Waals surface area contributed by atoms with Crippen molar-refractivity contribution in [2.75, 3.05) is 6.61 Å². The highest BCUT2D eigenvalue weighted by molar-refractivity contribution is 5.78. The maximum Gasteiger partial charge on any atom is 0.333 e. The lowest BCUT2D eigenvalue weighted by molar-refractivity contribution is -0.150. The summed E-state index contributed by atoms with van der Waals surface area (Å²) in [6.45, 7) is -0.0830. The number of hydrogen-bond acceptors (Lipinski definition) is 4. The van der Waals surface area contributed by atoms with Gasteiger partial charge >= 0.3 is 5.97 Å². The lowest BCUT2D eigenvalue weighted by atomic mass is 10.0. The molecule has 0 bridgehead atoms. The monoisotopic (exact) mass is 160 g/mol. The number of aliphatic hydroxyl groups is 1. The fraction of sp³-hybridized carbons (Fsp3) is 0.667. The van der Waals surface area contributed by atoms with Crippen LogP contribution in [-0.4, -0.2) is 41.3 Å². The van der Waals surface area contributed by atoms with Gasteiger partial charge in [-0.3, -0.25) is 0 Å². The first-order chi connectivity index (χ1) is 5.16. The molecule has 0 aliphatic carbocycles. The Labute approximate surface area is 62.6 Å². The summed E-state index contributed by atoms with van der Waals surface area (Å²) in [5.74, 6) is -2.13. The second-order valence-electron chi connectivity index (χ2n) is 2.37. The third-order valence-corrected chi connectivity index (χ3v) is 1.64. The molecule has 1 saturated heterocycles. The second-order valence-corrected chi connectivity index (χ2v) is 2.37. The number of carbonyl (C=O) groups is 2. The van der Waals surface area contributed by atoms with Crippen LogP contribution in [0.5, 0.6) is 0 Å². The topological polar surface area (TPSA) is 83.8 Å². The summed E-state index contributed by atoms with van der Waals surface area (Å²) in [6.07, 6.45) is -1.74. The number of carboxylic acids is 1. The third-order valence-electron chi connectivity index (χ3n) is 1.64. The Hall–Kier alpha value is -0.940. The van der Waals surface area contributed by atoms with Gasteiger partial charge in [0.15, 0.2) is 6.10 Å². The lowest BCUT2D eigenvalue weighted by Crippen LogP contribution is -2.31. The molecule has 3 atom stereocenters. The average Bonchev–Trinajstić information content (AvgIpc) is 2.30. The van der Waals surface area contributed by atoms with Crippen molar-refractivity contribution in [2.45, 2.75) is 12.2 Å². The van der Waals surface area contributed by atoms with Crippen molar-refractivity contribution in [3.8, 4) is 0 Å². The summed E-state index contributed by atoms with van der Waals surface area (Å²) in [4.78, 5) is 20.6. The van der Waals surface area contributed by atoms with Crippen molar-refractivity contribution in [1.82, 2.24) is 0 Å². The van der Waals surface area contributed by atoms with Gasteiger partial charge in [-0.05, 0) is 0 Å². The quantitative estimate of drug-likeness (QED) is 0.488. The molecule has 0 unspecified atom stereocenters. The number of ether oxygens (including phenoxy) is 1. The van der Waals surface area contributed by atoms with Crippen LogP contribution in [0.15, 0.2) is 0 Å². The summed E-state index contributed by atoms with van der Waals surface area (Å²) in [6, 6.07) is 0. The molecule has 5 heteroatoms. The highest BCUT2D eigenvalue weighted by Crippen LogP contribution is 2.19. The summed E-state index contributed by atoms with van der Waals surface area (Å²) in [5.41, 5.74) is 0. The van der Waals surface area contributed by atoms with Gasteiger partial charge < -0.3 is 19.7 Å². The molecule has 1 aliphatic heterocycles. The van der Waals surface area contributed by atoms with Crippen LogP contribution in [0.4, 0.5) is 0 Å². The molecule has 1 aliphatic rings. The fourth-order valence-corrected chi connectivity index (χ4v) is 1.02. The predicted molar refractivity (Wildman–Crippen MR) is 32.9 cm³/mol. The van der Waals surface area contributed by atoms with Crippen LogP contribution in [0.3, 0.4) is 0 Å². The van der Waals surface area contributed by atoms with Crippen molar-refractivity contribution in [2.24, 2.45) is 5.92 Å². The molecule has 5 nitrogen and oxygen atoms in total. The van der Waals surface area contributed by atoms with E-state index < -0.39 is 24.1 Å². The van der Waals surface area contributed by atoms with Gasteiger partial charge in [-0.15, -0.1) is 0 Å². The van der Waals surface area contributed by atoms with Crippen LogP contribution in [-0.2, 0) is 14.3 Å². The van der Waals surface area contributed by atoms with Gasteiger partial charge in [-0.1, -0.05) is 0 Å². The average molecular weight is 160 g/mol. The Kier molecular flexibility index (Phi) is 2.21. The van der Waals surface area contributed by atoms with Gasteiger partial charge in [0.1, 0.15) is 6.29 Å². The Morgan fingerprint density at radius 3 is 2.64 bits per heavy atom. The van der Waals surface area contributed by atoms with Crippen molar-refractivity contribution < 1.29 is 24.5 Å². The molecule has 1 fully saturated rings. The van der Waals surface area contributed by atoms with Gasteiger partial charge in [0.25, 0.3) is 0 Å². The zero-order valence-electron chi connectivity index (χ0n) is 5.64. The van der Waals surface area contributed by atoms with Crippen LogP contribution in [0, 0.1) is 5.92 Å². The van der Waals surface area contributed by atoms with Crippen molar-refractivity contribution in [3.05, 3.63) is 0 Å². The molecule has 1 rings (SSSR count). The molecule has 0 aromatic heterocycles. The minimum atomic E-state index is -1.21. The normalized spacial score (nSPS) is 37.0. The van der Waals surface area contributed by atoms with Crippen LogP contribution in [0.25, 0.3) is 0 Å². The molecule has 0 radical (unpaired) electrons. The molecule has 0 aromatic rings. The minimum absolute atomic E-state index is 0.0830. The standard InChI is InChI=1S/C6H8O5/c7-1-3-4(8)2-11-5(3)6(9)10/h1,3-5,8H,2H2,(H,9,10)/t3-,4+,5-/m0/s1. The van der Waals surface area contributed by atoms with E-state index in [0.29, 0.717) is 6.29 Å². The van der Waals surface area contributed by atoms with Crippen molar-refractivity contribution in [3.63, 3.8) is 0 Å². The van der Waals surface area contributed by atoms with E-state index in [4.69, 9.17) is 10.2 Å². The maximum absolute atomic E-state index is 10.3. The third kappa shape index (κ3) is 1.38. The molecule has 0 saturated carbocycles. The van der Waals surface area contributed by atoms with Crippen LogP contribution >= 0.6 is 0 Å². The van der Waals surface area contributed by atoms with E-state index in [-0.39, 0.29) is 6.61 Å². The Balaban J connectivity index is 2.68. The number of aliphatic carboxylic acids is 1. The van der Waals surface area contributed by atoms with Gasteiger partial charge in [0, 0.05) is 0 Å². The minimum Gasteiger partial charge on any atom is -0.479 e. The van der Waals surface area contributed by atoms with E-state index in [2.05, 4.69) is 4.74 Å². The van der Waals surface area contributed by atoms with Crippen molar-refractivity contribution >= 4 is 12.3 Å². The number of rotatable bonds is 2. The van der Waals surface area contributed by atoms with E-state index in [1.165, 1.54) is 0 Å². The molecular weight excluding hydrogens is 152 g/mol. The number of carboxylic acid groups (broad SMARTS) is 1. The van der Waals surface area contributed by atoms with E-state index in [1.54, 1.807) is 0 Å². The zero-order chi connectivity index (χ0) is 8.43. The molecule has 1 heterocycles. The summed E-state index contributed by atoms with van der Waals surface area (Å²) >= 11 is 0. The van der Waals surface area contributed by atoms with E-state index >= 15 is 0 Å². The van der Waals surface area contributed by atoms with Gasteiger partial charge in [0.05, 0.1) is 18.6 Å². The first-order valence-electron chi connectivity index (χ1n) is 3.14. The molecule has 0 amide bonds. The molecular formula is C6H8O5. The van der Waals surface area contributed by atoms with E-state index in [0.717, 1.165) is 0 Å². The Bertz CT molecular complexity index is 178. The van der Waals surface area contributed by atoms with Gasteiger partial charge in [-0.2, -0.15) is 0 Å². The fourth-order valence-electron chi connectivity index (χ4n) is 1.02. The molecule has 11 heavy (non-hydrogen) atoms. The number of hydrogen-bond donors (Lipinski definition) is 2. The molecule has 0 spiro atoms. The smallest absolute Gasteiger partial charge is 0.333 e. The van der Waals surface area contributed by atoms with Crippen molar-refractivity contribution in [1.29, 1.82) is 0 Å². The van der Waals surface area contributed by atoms with Crippen LogP contribution in [0.2, 0.25) is 0 Å². The lowest BCUT2D eigenvalue weighted by Gasteiger charge is -2.08. The molecule has 2 N–H and O–H groups in total. The van der Waals surface area contributed by atoms with E-state index in [1.807, 2.05) is 0 Å². The highest BCUT2D eigenvalue weighted by atomic mass is 16.5. The van der Waals surface area contributed by atoms with Gasteiger partial charge in [-0.25, -0.2) is 4.79 Å². The molecule has 62 valence electrons.